The molecule has 0 aromatic heterocycles. The molecule has 4 aliphatic carbocycles. The SMILES string of the molecule is CC(O)C(OC(C(C)O)C1CC2CCC1(C)C2(C)C)C1CC2CCC1(C)C2(C)C. The maximum Gasteiger partial charge on any atom is 0.0869 e. The van der Waals surface area contributed by atoms with Gasteiger partial charge in [-0.2, -0.15) is 0 Å². The van der Waals surface area contributed by atoms with Crippen molar-refractivity contribution in [2.45, 2.75) is 118 Å². The molecular weight excluding hydrogens is 360 g/mol. The van der Waals surface area contributed by atoms with Crippen molar-refractivity contribution in [3.05, 3.63) is 0 Å². The summed E-state index contributed by atoms with van der Waals surface area (Å²) < 4.78 is 6.86. The molecule has 4 rings (SSSR count). The van der Waals surface area contributed by atoms with Crippen molar-refractivity contribution < 1.29 is 14.9 Å². The number of hydrogen-bond acceptors (Lipinski definition) is 3. The zero-order chi connectivity index (χ0) is 21.6. The normalized spacial score (nSPS) is 48.6. The first kappa shape index (κ1) is 22.1. The predicted molar refractivity (Wildman–Crippen MR) is 117 cm³/mol. The van der Waals surface area contributed by atoms with Gasteiger partial charge in [0.15, 0.2) is 0 Å². The summed E-state index contributed by atoms with van der Waals surface area (Å²) in [5.74, 6) is 2.20. The third-order valence-electron chi connectivity index (χ3n) is 11.8. The van der Waals surface area contributed by atoms with Gasteiger partial charge in [0.1, 0.15) is 0 Å². The van der Waals surface area contributed by atoms with Crippen molar-refractivity contribution >= 4 is 0 Å². The van der Waals surface area contributed by atoms with Gasteiger partial charge in [-0.15, -0.1) is 0 Å². The van der Waals surface area contributed by atoms with Crippen LogP contribution in [0.1, 0.15) is 93.9 Å². The molecule has 0 aliphatic heterocycles. The highest BCUT2D eigenvalue weighted by Gasteiger charge is 2.66. The lowest BCUT2D eigenvalue weighted by Gasteiger charge is -2.48. The van der Waals surface area contributed by atoms with Gasteiger partial charge in [-0.1, -0.05) is 41.5 Å². The standard InChI is InChI=1S/C26H46O3/c1-15(27)21(19-13-17-9-11-25(19,7)23(17,3)4)29-22(16(2)28)20-14-18-10-12-26(20,8)24(18,5)6/h15-22,27-28H,9-14H2,1-8H3. The summed E-state index contributed by atoms with van der Waals surface area (Å²) in [7, 11) is 0. The molecule has 0 aromatic rings. The fourth-order valence-electron chi connectivity index (χ4n) is 8.80. The molecule has 168 valence electrons. The first-order valence-corrected chi connectivity index (χ1v) is 12.3. The van der Waals surface area contributed by atoms with Gasteiger partial charge >= 0.3 is 0 Å². The largest absolute Gasteiger partial charge is 0.391 e. The van der Waals surface area contributed by atoms with Crippen molar-refractivity contribution in [1.82, 2.24) is 0 Å². The van der Waals surface area contributed by atoms with E-state index in [9.17, 15) is 10.2 Å². The maximum atomic E-state index is 10.9. The van der Waals surface area contributed by atoms with Crippen LogP contribution in [-0.4, -0.2) is 34.6 Å². The Morgan fingerprint density at radius 3 is 1.24 bits per heavy atom. The van der Waals surface area contributed by atoms with E-state index in [1.165, 1.54) is 25.7 Å². The van der Waals surface area contributed by atoms with Crippen LogP contribution in [0.3, 0.4) is 0 Å². The van der Waals surface area contributed by atoms with Crippen LogP contribution in [0.15, 0.2) is 0 Å². The van der Waals surface area contributed by atoms with Crippen molar-refractivity contribution in [3.63, 3.8) is 0 Å². The molecule has 4 bridgehead atoms. The van der Waals surface area contributed by atoms with Crippen LogP contribution in [0.2, 0.25) is 0 Å². The Labute approximate surface area is 179 Å². The number of rotatable bonds is 6. The summed E-state index contributed by atoms with van der Waals surface area (Å²) in [6.07, 6.45) is 6.01. The molecule has 4 aliphatic rings. The molecule has 0 saturated heterocycles. The monoisotopic (exact) mass is 406 g/mol. The summed E-state index contributed by atoms with van der Waals surface area (Å²) in [6.45, 7) is 18.4. The predicted octanol–water partition coefficient (Wildman–Crippen LogP) is 5.43. The average Bonchev–Trinajstić information content (AvgIpc) is 3.13. The quantitative estimate of drug-likeness (QED) is 0.618. The van der Waals surface area contributed by atoms with Gasteiger partial charge in [-0.05, 0) is 97.7 Å². The van der Waals surface area contributed by atoms with Crippen LogP contribution < -0.4 is 0 Å². The van der Waals surface area contributed by atoms with E-state index in [1.807, 2.05) is 13.8 Å². The summed E-state index contributed by atoms with van der Waals surface area (Å²) in [5, 5.41) is 21.7. The van der Waals surface area contributed by atoms with Crippen molar-refractivity contribution in [3.8, 4) is 0 Å². The Kier molecular flexibility index (Phi) is 5.09. The van der Waals surface area contributed by atoms with E-state index in [-0.39, 0.29) is 23.0 Å². The average molecular weight is 407 g/mol. The highest BCUT2D eigenvalue weighted by molar-refractivity contribution is 5.14. The molecule has 0 amide bonds. The molecule has 3 heteroatoms. The van der Waals surface area contributed by atoms with E-state index in [4.69, 9.17) is 4.74 Å². The highest BCUT2D eigenvalue weighted by atomic mass is 16.5. The minimum atomic E-state index is -0.507. The molecule has 3 nitrogen and oxygen atoms in total. The Hall–Kier alpha value is -0.120. The lowest BCUT2D eigenvalue weighted by atomic mass is 9.64. The van der Waals surface area contributed by atoms with E-state index in [1.54, 1.807) is 0 Å². The van der Waals surface area contributed by atoms with E-state index < -0.39 is 12.2 Å². The maximum absolute atomic E-state index is 10.9. The van der Waals surface area contributed by atoms with Gasteiger partial charge in [0.05, 0.1) is 24.4 Å². The summed E-state index contributed by atoms with van der Waals surface area (Å²) >= 11 is 0. The van der Waals surface area contributed by atoms with Crippen molar-refractivity contribution in [1.29, 1.82) is 0 Å². The molecule has 0 heterocycles. The number of aliphatic hydroxyl groups is 2. The topological polar surface area (TPSA) is 49.7 Å². The zero-order valence-electron chi connectivity index (χ0n) is 20.2. The minimum absolute atomic E-state index is 0.185. The lowest BCUT2D eigenvalue weighted by molar-refractivity contribution is -0.181. The van der Waals surface area contributed by atoms with Gasteiger partial charge in [-0.25, -0.2) is 0 Å². The van der Waals surface area contributed by atoms with Crippen LogP contribution in [0.5, 0.6) is 0 Å². The van der Waals surface area contributed by atoms with Crippen LogP contribution in [0.25, 0.3) is 0 Å². The Morgan fingerprint density at radius 2 is 1.03 bits per heavy atom. The Balaban J connectivity index is 1.61. The molecule has 0 spiro atoms. The lowest BCUT2D eigenvalue weighted by Crippen LogP contribution is -2.51. The first-order chi connectivity index (χ1) is 13.3. The molecule has 2 N–H and O–H groups in total. The molecular formula is C26H46O3. The van der Waals surface area contributed by atoms with Gasteiger partial charge < -0.3 is 14.9 Å². The third kappa shape index (κ3) is 2.79. The van der Waals surface area contributed by atoms with Gasteiger partial charge in [-0.3, -0.25) is 0 Å². The second kappa shape index (κ2) is 6.69. The fourth-order valence-corrected chi connectivity index (χ4v) is 8.80. The Bertz CT molecular complexity index is 584. The first-order valence-electron chi connectivity index (χ1n) is 12.3. The van der Waals surface area contributed by atoms with E-state index in [2.05, 4.69) is 41.5 Å². The smallest absolute Gasteiger partial charge is 0.0869 e. The highest BCUT2D eigenvalue weighted by Crippen LogP contribution is 2.71. The van der Waals surface area contributed by atoms with Crippen LogP contribution in [-0.2, 0) is 4.74 Å². The van der Waals surface area contributed by atoms with Gasteiger partial charge in [0, 0.05) is 0 Å². The molecule has 10 unspecified atom stereocenters. The van der Waals surface area contributed by atoms with Crippen molar-refractivity contribution in [2.24, 2.45) is 45.3 Å². The summed E-state index contributed by atoms with van der Waals surface area (Å²) in [6, 6.07) is 0. The minimum Gasteiger partial charge on any atom is -0.391 e. The molecule has 4 fully saturated rings. The second-order valence-electron chi connectivity index (χ2n) is 13.0. The van der Waals surface area contributed by atoms with Crippen LogP contribution in [0.4, 0.5) is 0 Å². The fraction of sp³-hybridized carbons (Fsp3) is 1.00. The number of hydrogen-bond donors (Lipinski definition) is 2. The molecule has 4 saturated carbocycles. The molecule has 29 heavy (non-hydrogen) atoms. The third-order valence-corrected chi connectivity index (χ3v) is 11.8. The summed E-state index contributed by atoms with van der Waals surface area (Å²) in [4.78, 5) is 0. The molecule has 0 radical (unpaired) electrons. The number of ether oxygens (including phenoxy) is 1. The van der Waals surface area contributed by atoms with E-state index in [0.29, 0.717) is 22.7 Å². The van der Waals surface area contributed by atoms with Crippen LogP contribution in [0, 0.1) is 45.3 Å². The van der Waals surface area contributed by atoms with Crippen LogP contribution >= 0.6 is 0 Å². The van der Waals surface area contributed by atoms with Gasteiger partial charge in [0.2, 0.25) is 0 Å². The second-order valence-corrected chi connectivity index (χ2v) is 13.0. The number of fused-ring (bicyclic) bond motifs is 4. The Morgan fingerprint density at radius 1 is 0.690 bits per heavy atom. The van der Waals surface area contributed by atoms with E-state index in [0.717, 1.165) is 24.7 Å². The number of aliphatic hydroxyl groups excluding tert-OH is 2. The summed E-state index contributed by atoms with van der Waals surface area (Å²) in [5.41, 5.74) is 1.02. The van der Waals surface area contributed by atoms with Gasteiger partial charge in [0.25, 0.3) is 0 Å². The molecule has 0 aromatic carbocycles. The van der Waals surface area contributed by atoms with E-state index >= 15 is 0 Å². The zero-order valence-corrected chi connectivity index (χ0v) is 20.2. The molecule has 10 atom stereocenters. The van der Waals surface area contributed by atoms with Crippen molar-refractivity contribution in [2.75, 3.05) is 0 Å².